The lowest BCUT2D eigenvalue weighted by molar-refractivity contribution is -0.137. The molecule has 0 spiro atoms. The van der Waals surface area contributed by atoms with Crippen molar-refractivity contribution in [3.63, 3.8) is 0 Å². The largest absolute Gasteiger partial charge is 0.416 e. The van der Waals surface area contributed by atoms with Crippen LogP contribution in [0.25, 0.3) is 0 Å². The van der Waals surface area contributed by atoms with Gasteiger partial charge in [-0.25, -0.2) is 0 Å². The van der Waals surface area contributed by atoms with Crippen LogP contribution in [0.2, 0.25) is 0 Å². The van der Waals surface area contributed by atoms with E-state index in [2.05, 4.69) is 5.32 Å². The Morgan fingerprint density at radius 2 is 1.75 bits per heavy atom. The Kier molecular flexibility index (Phi) is 7.72. The quantitative estimate of drug-likeness (QED) is 0.866. The number of carbonyl (C=O) groups is 1. The fraction of sp³-hybridized carbons (Fsp3) is 0.500. The molecule has 0 aliphatic carbocycles. The molecule has 1 aromatic carbocycles. The third-order valence-electron chi connectivity index (χ3n) is 2.52. The second kappa shape index (κ2) is 8.45. The van der Waals surface area contributed by atoms with Crippen LogP contribution in [-0.2, 0) is 11.0 Å². The summed E-state index contributed by atoms with van der Waals surface area (Å²) in [5.74, 6) is -0.443. The lowest BCUT2D eigenvalue weighted by atomic mass is 10.1. The van der Waals surface area contributed by atoms with Crippen LogP contribution in [0.3, 0.4) is 0 Å². The van der Waals surface area contributed by atoms with Gasteiger partial charge in [0.2, 0.25) is 5.91 Å². The number of nitrogens with one attached hydrogen (secondary N) is 1. The normalized spacial score (nSPS) is 12.1. The SMILES string of the molecule is CC.CCC(CC(N)=O)Nc1ccc(C(F)(F)F)cc1. The summed E-state index contributed by atoms with van der Waals surface area (Å²) in [6.45, 7) is 5.87. The molecule has 1 rings (SSSR count). The minimum atomic E-state index is -4.34. The van der Waals surface area contributed by atoms with Crippen molar-refractivity contribution >= 4 is 11.6 Å². The molecule has 1 unspecified atom stereocenters. The highest BCUT2D eigenvalue weighted by Crippen LogP contribution is 2.30. The van der Waals surface area contributed by atoms with E-state index in [0.717, 1.165) is 12.1 Å². The Morgan fingerprint density at radius 3 is 2.10 bits per heavy atom. The first kappa shape index (κ1) is 18.3. The summed E-state index contributed by atoms with van der Waals surface area (Å²) in [6, 6.07) is 4.51. The van der Waals surface area contributed by atoms with E-state index < -0.39 is 17.6 Å². The van der Waals surface area contributed by atoms with E-state index in [1.54, 1.807) is 0 Å². The van der Waals surface area contributed by atoms with Gasteiger partial charge in [0.15, 0.2) is 0 Å². The summed E-state index contributed by atoms with van der Waals surface area (Å²) in [7, 11) is 0. The summed E-state index contributed by atoms with van der Waals surface area (Å²) < 4.78 is 37.0. The molecule has 0 bridgehead atoms. The molecule has 0 fully saturated rings. The van der Waals surface area contributed by atoms with Gasteiger partial charge in [0, 0.05) is 18.2 Å². The molecular formula is C14H21F3N2O. The molecule has 3 nitrogen and oxygen atoms in total. The van der Waals surface area contributed by atoms with Crippen molar-refractivity contribution in [1.29, 1.82) is 0 Å². The zero-order valence-electron chi connectivity index (χ0n) is 11.9. The van der Waals surface area contributed by atoms with Crippen molar-refractivity contribution in [2.24, 2.45) is 5.73 Å². The fourth-order valence-electron chi connectivity index (χ4n) is 1.53. The van der Waals surface area contributed by atoms with Crippen molar-refractivity contribution in [3.8, 4) is 0 Å². The standard InChI is InChI=1S/C12H15F3N2O.C2H6/c1-2-9(7-11(16)18)17-10-5-3-8(4-6-10)12(13,14)15;1-2/h3-6,9,17H,2,7H2,1H3,(H2,16,18);1-2H3. The molecule has 1 aromatic rings. The Morgan fingerprint density at radius 1 is 1.25 bits per heavy atom. The van der Waals surface area contributed by atoms with E-state index in [1.807, 2.05) is 20.8 Å². The topological polar surface area (TPSA) is 55.1 Å². The first-order valence-corrected chi connectivity index (χ1v) is 6.55. The molecule has 1 atom stereocenters. The smallest absolute Gasteiger partial charge is 0.382 e. The van der Waals surface area contributed by atoms with E-state index >= 15 is 0 Å². The Hall–Kier alpha value is -1.72. The van der Waals surface area contributed by atoms with Crippen LogP contribution in [-0.4, -0.2) is 11.9 Å². The van der Waals surface area contributed by atoms with E-state index in [-0.39, 0.29) is 12.5 Å². The Bertz CT molecular complexity index is 402. The number of benzene rings is 1. The van der Waals surface area contributed by atoms with E-state index in [1.165, 1.54) is 12.1 Å². The van der Waals surface area contributed by atoms with Crippen molar-refractivity contribution in [2.45, 2.75) is 45.8 Å². The average Bonchev–Trinajstić information content (AvgIpc) is 2.39. The Labute approximate surface area is 117 Å². The summed E-state index contributed by atoms with van der Waals surface area (Å²) in [5.41, 5.74) is 4.92. The lowest BCUT2D eigenvalue weighted by Crippen LogP contribution is -2.26. The third kappa shape index (κ3) is 6.45. The number of hydrogen-bond donors (Lipinski definition) is 2. The molecule has 114 valence electrons. The van der Waals surface area contributed by atoms with Gasteiger partial charge in [-0.15, -0.1) is 0 Å². The van der Waals surface area contributed by atoms with Crippen LogP contribution in [0, 0.1) is 0 Å². The zero-order chi connectivity index (χ0) is 15.8. The monoisotopic (exact) mass is 290 g/mol. The van der Waals surface area contributed by atoms with Gasteiger partial charge >= 0.3 is 6.18 Å². The Balaban J connectivity index is 0.00000172. The molecule has 6 heteroatoms. The predicted octanol–water partition coefficient (Wildman–Crippen LogP) is 3.80. The average molecular weight is 290 g/mol. The summed E-state index contributed by atoms with van der Waals surface area (Å²) in [4.78, 5) is 10.8. The summed E-state index contributed by atoms with van der Waals surface area (Å²) >= 11 is 0. The van der Waals surface area contributed by atoms with Gasteiger partial charge < -0.3 is 11.1 Å². The maximum absolute atomic E-state index is 12.3. The first-order chi connectivity index (χ1) is 9.32. The number of halogens is 3. The van der Waals surface area contributed by atoms with Crippen LogP contribution < -0.4 is 11.1 Å². The molecule has 0 aliphatic rings. The molecule has 0 aliphatic heterocycles. The van der Waals surface area contributed by atoms with E-state index in [0.29, 0.717) is 12.1 Å². The van der Waals surface area contributed by atoms with E-state index in [9.17, 15) is 18.0 Å². The molecule has 0 saturated carbocycles. The van der Waals surface area contributed by atoms with Crippen molar-refractivity contribution in [3.05, 3.63) is 29.8 Å². The van der Waals surface area contributed by atoms with Crippen LogP contribution >= 0.6 is 0 Å². The fourth-order valence-corrected chi connectivity index (χ4v) is 1.53. The van der Waals surface area contributed by atoms with Gasteiger partial charge in [0.1, 0.15) is 0 Å². The first-order valence-electron chi connectivity index (χ1n) is 6.55. The summed E-state index contributed by atoms with van der Waals surface area (Å²) in [6.07, 6.45) is -3.53. The van der Waals surface area contributed by atoms with Crippen molar-refractivity contribution < 1.29 is 18.0 Å². The van der Waals surface area contributed by atoms with Crippen LogP contribution in [0.1, 0.15) is 39.2 Å². The number of rotatable bonds is 5. The van der Waals surface area contributed by atoms with E-state index in [4.69, 9.17) is 5.73 Å². The van der Waals surface area contributed by atoms with Gasteiger partial charge in [-0.3, -0.25) is 4.79 Å². The van der Waals surface area contributed by atoms with Crippen molar-refractivity contribution in [2.75, 3.05) is 5.32 Å². The van der Waals surface area contributed by atoms with Gasteiger partial charge in [-0.05, 0) is 30.7 Å². The predicted molar refractivity (Wildman–Crippen MR) is 74.3 cm³/mol. The summed E-state index contributed by atoms with van der Waals surface area (Å²) in [5, 5.41) is 2.97. The van der Waals surface area contributed by atoms with Crippen LogP contribution in [0.15, 0.2) is 24.3 Å². The molecule has 0 saturated heterocycles. The van der Waals surface area contributed by atoms with Crippen LogP contribution in [0.4, 0.5) is 18.9 Å². The van der Waals surface area contributed by atoms with Gasteiger partial charge in [0.25, 0.3) is 0 Å². The third-order valence-corrected chi connectivity index (χ3v) is 2.52. The van der Waals surface area contributed by atoms with Crippen molar-refractivity contribution in [1.82, 2.24) is 0 Å². The maximum Gasteiger partial charge on any atom is 0.416 e. The molecular weight excluding hydrogens is 269 g/mol. The number of amides is 1. The highest BCUT2D eigenvalue weighted by Gasteiger charge is 2.29. The molecule has 20 heavy (non-hydrogen) atoms. The number of hydrogen-bond acceptors (Lipinski definition) is 2. The number of carbonyl (C=O) groups excluding carboxylic acids is 1. The number of primary amides is 1. The molecule has 3 N–H and O–H groups in total. The molecule has 0 radical (unpaired) electrons. The molecule has 1 amide bonds. The number of alkyl halides is 3. The second-order valence-corrected chi connectivity index (χ2v) is 4.00. The molecule has 0 aromatic heterocycles. The molecule has 0 heterocycles. The van der Waals surface area contributed by atoms with Gasteiger partial charge in [-0.2, -0.15) is 13.2 Å². The minimum absolute atomic E-state index is 0.150. The highest BCUT2D eigenvalue weighted by atomic mass is 19.4. The maximum atomic E-state index is 12.3. The zero-order valence-corrected chi connectivity index (χ0v) is 11.9. The highest BCUT2D eigenvalue weighted by molar-refractivity contribution is 5.75. The van der Waals surface area contributed by atoms with Gasteiger partial charge in [0.05, 0.1) is 5.56 Å². The number of nitrogens with two attached hydrogens (primary N) is 1. The second-order valence-electron chi connectivity index (χ2n) is 4.00. The van der Waals surface area contributed by atoms with Crippen LogP contribution in [0.5, 0.6) is 0 Å². The number of anilines is 1. The van der Waals surface area contributed by atoms with Gasteiger partial charge in [-0.1, -0.05) is 20.8 Å². The minimum Gasteiger partial charge on any atom is -0.382 e. The lowest BCUT2D eigenvalue weighted by Gasteiger charge is -2.17.